The molecular formula is C15H21N3O2. The van der Waals surface area contributed by atoms with Gasteiger partial charge in [-0.15, -0.1) is 0 Å². The maximum absolute atomic E-state index is 11.9. The van der Waals surface area contributed by atoms with Crippen molar-refractivity contribution < 1.29 is 5.11 Å². The predicted molar refractivity (Wildman–Crippen MR) is 78.6 cm³/mol. The van der Waals surface area contributed by atoms with Gasteiger partial charge < -0.3 is 10.4 Å². The van der Waals surface area contributed by atoms with Gasteiger partial charge in [-0.05, 0) is 24.5 Å². The number of aliphatic hydroxyl groups is 1. The number of hydrogen-bond donors (Lipinski definition) is 2. The van der Waals surface area contributed by atoms with Crippen molar-refractivity contribution in [3.05, 3.63) is 46.5 Å². The van der Waals surface area contributed by atoms with Crippen LogP contribution in [0, 0.1) is 5.92 Å². The van der Waals surface area contributed by atoms with Gasteiger partial charge >= 0.3 is 0 Å². The molecule has 0 fully saturated rings. The highest BCUT2D eigenvalue weighted by molar-refractivity contribution is 5.37. The Bertz CT molecular complexity index is 622. The zero-order valence-electron chi connectivity index (χ0n) is 11.9. The van der Waals surface area contributed by atoms with Crippen LogP contribution in [0.4, 0.5) is 0 Å². The van der Waals surface area contributed by atoms with Crippen molar-refractivity contribution in [1.29, 1.82) is 0 Å². The van der Waals surface area contributed by atoms with Crippen molar-refractivity contribution in [3.8, 4) is 0 Å². The Labute approximate surface area is 118 Å². The van der Waals surface area contributed by atoms with E-state index in [1.54, 1.807) is 12.3 Å². The molecule has 2 aromatic heterocycles. The van der Waals surface area contributed by atoms with Gasteiger partial charge in [0.2, 0.25) is 0 Å². The van der Waals surface area contributed by atoms with Crippen molar-refractivity contribution in [2.45, 2.75) is 32.9 Å². The molecule has 0 amide bonds. The Morgan fingerprint density at radius 2 is 2.20 bits per heavy atom. The molecule has 0 bridgehead atoms. The molecule has 0 aliphatic carbocycles. The number of hydrogen-bond acceptors (Lipinski definition) is 4. The third kappa shape index (κ3) is 3.65. The van der Waals surface area contributed by atoms with Crippen molar-refractivity contribution >= 4 is 5.65 Å². The van der Waals surface area contributed by atoms with E-state index in [-0.39, 0.29) is 18.2 Å². The molecular weight excluding hydrogens is 254 g/mol. The average molecular weight is 275 g/mol. The molecule has 2 heterocycles. The highest BCUT2D eigenvalue weighted by Crippen LogP contribution is 2.05. The quantitative estimate of drug-likeness (QED) is 0.831. The van der Waals surface area contributed by atoms with E-state index >= 15 is 0 Å². The lowest BCUT2D eigenvalue weighted by Gasteiger charge is -2.18. The van der Waals surface area contributed by atoms with E-state index < -0.39 is 0 Å². The smallest absolute Gasteiger partial charge is 0.258 e. The normalized spacial score (nSPS) is 13.0. The maximum Gasteiger partial charge on any atom is 0.258 e. The fourth-order valence-corrected chi connectivity index (χ4v) is 2.23. The number of rotatable bonds is 6. The standard InChI is InChI=1S/C15H21N3O2/c1-11(2)7-13(10-19)16-9-12-8-15(20)18-6-4-3-5-14(18)17-12/h3-6,8,11,13,16,19H,7,9-10H2,1-2H3. The molecule has 1 atom stereocenters. The number of nitrogens with one attached hydrogen (secondary N) is 1. The first-order valence-corrected chi connectivity index (χ1v) is 6.91. The lowest BCUT2D eigenvalue weighted by molar-refractivity contribution is 0.223. The summed E-state index contributed by atoms with van der Waals surface area (Å²) in [5, 5.41) is 12.6. The SMILES string of the molecule is CC(C)CC(CO)NCc1cc(=O)n2ccccc2n1. The van der Waals surface area contributed by atoms with Crippen LogP contribution >= 0.6 is 0 Å². The van der Waals surface area contributed by atoms with Gasteiger partial charge in [-0.2, -0.15) is 0 Å². The number of pyridine rings is 1. The Morgan fingerprint density at radius 3 is 2.90 bits per heavy atom. The lowest BCUT2D eigenvalue weighted by atomic mass is 10.0. The van der Waals surface area contributed by atoms with Gasteiger partial charge in [0.1, 0.15) is 5.65 Å². The minimum absolute atomic E-state index is 0.0334. The number of fused-ring (bicyclic) bond motifs is 1. The summed E-state index contributed by atoms with van der Waals surface area (Å²) in [5.41, 5.74) is 1.25. The Morgan fingerprint density at radius 1 is 1.40 bits per heavy atom. The lowest BCUT2D eigenvalue weighted by Crippen LogP contribution is -2.34. The van der Waals surface area contributed by atoms with Crippen LogP contribution in [0.15, 0.2) is 35.3 Å². The van der Waals surface area contributed by atoms with Gasteiger partial charge in [-0.3, -0.25) is 9.20 Å². The first-order chi connectivity index (χ1) is 9.60. The topological polar surface area (TPSA) is 66.6 Å². The summed E-state index contributed by atoms with van der Waals surface area (Å²) in [5.74, 6) is 0.509. The number of aromatic nitrogens is 2. The highest BCUT2D eigenvalue weighted by atomic mass is 16.3. The first-order valence-electron chi connectivity index (χ1n) is 6.91. The summed E-state index contributed by atoms with van der Waals surface area (Å²) in [7, 11) is 0. The minimum Gasteiger partial charge on any atom is -0.395 e. The van der Waals surface area contributed by atoms with E-state index in [4.69, 9.17) is 0 Å². The van der Waals surface area contributed by atoms with E-state index in [0.717, 1.165) is 6.42 Å². The largest absolute Gasteiger partial charge is 0.395 e. The average Bonchev–Trinajstić information content (AvgIpc) is 2.43. The summed E-state index contributed by atoms with van der Waals surface area (Å²) in [6.07, 6.45) is 2.60. The second-order valence-corrected chi connectivity index (χ2v) is 5.40. The van der Waals surface area contributed by atoms with Crippen LogP contribution in [0.2, 0.25) is 0 Å². The van der Waals surface area contributed by atoms with Crippen molar-refractivity contribution in [2.24, 2.45) is 5.92 Å². The molecule has 20 heavy (non-hydrogen) atoms. The second kappa shape index (κ2) is 6.63. The molecule has 0 aliphatic rings. The molecule has 2 rings (SSSR count). The van der Waals surface area contributed by atoms with Crippen LogP contribution in [0.1, 0.15) is 26.0 Å². The summed E-state index contributed by atoms with van der Waals surface area (Å²) < 4.78 is 1.52. The zero-order valence-corrected chi connectivity index (χ0v) is 11.9. The summed E-state index contributed by atoms with van der Waals surface area (Å²) >= 11 is 0. The van der Waals surface area contributed by atoms with Gasteiger partial charge in [0, 0.05) is 24.8 Å². The fourth-order valence-electron chi connectivity index (χ4n) is 2.23. The molecule has 0 spiro atoms. The molecule has 0 aromatic carbocycles. The second-order valence-electron chi connectivity index (χ2n) is 5.40. The molecule has 0 saturated carbocycles. The van der Waals surface area contributed by atoms with E-state index in [0.29, 0.717) is 23.8 Å². The Balaban J connectivity index is 2.12. The minimum atomic E-state index is -0.0863. The number of nitrogens with zero attached hydrogens (tertiary/aromatic N) is 2. The molecule has 2 aromatic rings. The van der Waals surface area contributed by atoms with Crippen LogP contribution in [0.3, 0.4) is 0 Å². The highest BCUT2D eigenvalue weighted by Gasteiger charge is 2.10. The summed E-state index contributed by atoms with van der Waals surface area (Å²) in [4.78, 5) is 16.4. The third-order valence-corrected chi connectivity index (χ3v) is 3.17. The zero-order chi connectivity index (χ0) is 14.5. The molecule has 5 heteroatoms. The number of aliphatic hydroxyl groups excluding tert-OH is 1. The van der Waals surface area contributed by atoms with E-state index in [1.807, 2.05) is 12.1 Å². The Hall–Kier alpha value is -1.72. The van der Waals surface area contributed by atoms with Gasteiger partial charge in [0.25, 0.3) is 5.56 Å². The van der Waals surface area contributed by atoms with E-state index in [9.17, 15) is 9.90 Å². The van der Waals surface area contributed by atoms with Crippen LogP contribution < -0.4 is 10.9 Å². The molecule has 0 aliphatic heterocycles. The van der Waals surface area contributed by atoms with Crippen LogP contribution in [-0.2, 0) is 6.54 Å². The van der Waals surface area contributed by atoms with Gasteiger partial charge in [-0.1, -0.05) is 19.9 Å². The monoisotopic (exact) mass is 275 g/mol. The predicted octanol–water partition coefficient (Wildman–Crippen LogP) is 1.19. The van der Waals surface area contributed by atoms with Crippen LogP contribution in [0.5, 0.6) is 0 Å². The van der Waals surface area contributed by atoms with Gasteiger partial charge in [0.05, 0.1) is 12.3 Å². The summed E-state index contributed by atoms with van der Waals surface area (Å²) in [6, 6.07) is 7.03. The molecule has 0 saturated heterocycles. The van der Waals surface area contributed by atoms with Crippen molar-refractivity contribution in [1.82, 2.24) is 14.7 Å². The van der Waals surface area contributed by atoms with Gasteiger partial charge in [0.15, 0.2) is 0 Å². The van der Waals surface area contributed by atoms with Crippen molar-refractivity contribution in [3.63, 3.8) is 0 Å². The molecule has 5 nitrogen and oxygen atoms in total. The maximum atomic E-state index is 11.9. The fraction of sp³-hybridized carbons (Fsp3) is 0.467. The third-order valence-electron chi connectivity index (χ3n) is 3.17. The molecule has 1 unspecified atom stereocenters. The van der Waals surface area contributed by atoms with E-state index in [1.165, 1.54) is 10.5 Å². The van der Waals surface area contributed by atoms with Crippen LogP contribution in [-0.4, -0.2) is 27.1 Å². The molecule has 0 radical (unpaired) electrons. The molecule has 2 N–H and O–H groups in total. The Kier molecular flexibility index (Phi) is 4.87. The van der Waals surface area contributed by atoms with Crippen molar-refractivity contribution in [2.75, 3.05) is 6.61 Å². The summed E-state index contributed by atoms with van der Waals surface area (Å²) in [6.45, 7) is 4.80. The molecule has 108 valence electrons. The van der Waals surface area contributed by atoms with Crippen LogP contribution in [0.25, 0.3) is 5.65 Å². The van der Waals surface area contributed by atoms with Gasteiger partial charge in [-0.25, -0.2) is 4.98 Å². The first kappa shape index (κ1) is 14.7. The van der Waals surface area contributed by atoms with E-state index in [2.05, 4.69) is 24.1 Å².